The highest BCUT2D eigenvalue weighted by molar-refractivity contribution is 9.10. The second kappa shape index (κ2) is 6.59. The molecule has 0 radical (unpaired) electrons. The molecule has 6 heteroatoms. The standard InChI is InChI=1S/C16H18BrClN2O2/c17-11-1-4-13(14(18)9-11)16(22)20-7-5-10(6-8-20)15(21)19-12-2-3-12/h1,4,9-10,12H,2-3,5-8H2,(H,19,21). The summed E-state index contributed by atoms with van der Waals surface area (Å²) < 4.78 is 0.851. The molecule has 2 aliphatic rings. The molecule has 0 bridgehead atoms. The van der Waals surface area contributed by atoms with Crippen LogP contribution in [-0.2, 0) is 4.79 Å². The van der Waals surface area contributed by atoms with Gasteiger partial charge >= 0.3 is 0 Å². The maximum absolute atomic E-state index is 12.5. The highest BCUT2D eigenvalue weighted by atomic mass is 79.9. The Kier molecular flexibility index (Phi) is 4.73. The van der Waals surface area contributed by atoms with E-state index in [1.165, 1.54) is 0 Å². The Balaban J connectivity index is 1.58. The number of nitrogens with one attached hydrogen (secondary N) is 1. The molecule has 0 spiro atoms. The van der Waals surface area contributed by atoms with Gasteiger partial charge in [0, 0.05) is 29.5 Å². The Morgan fingerprint density at radius 3 is 2.45 bits per heavy atom. The SMILES string of the molecule is O=C(NC1CC1)C1CCN(C(=O)c2ccc(Br)cc2Cl)CC1. The molecule has 0 aromatic heterocycles. The van der Waals surface area contributed by atoms with Crippen LogP contribution in [0.4, 0.5) is 0 Å². The first kappa shape index (κ1) is 15.8. The molecule has 1 aromatic rings. The third-order valence-electron chi connectivity index (χ3n) is 4.24. The number of likely N-dealkylation sites (tertiary alicyclic amines) is 1. The van der Waals surface area contributed by atoms with Gasteiger partial charge in [-0.25, -0.2) is 0 Å². The van der Waals surface area contributed by atoms with E-state index in [0.717, 1.165) is 30.2 Å². The maximum Gasteiger partial charge on any atom is 0.255 e. The van der Waals surface area contributed by atoms with Crippen LogP contribution < -0.4 is 5.32 Å². The van der Waals surface area contributed by atoms with Crippen molar-refractivity contribution in [1.29, 1.82) is 0 Å². The predicted molar refractivity (Wildman–Crippen MR) is 88.9 cm³/mol. The number of piperidine rings is 1. The molecular formula is C16H18BrClN2O2. The van der Waals surface area contributed by atoms with Crippen LogP contribution in [-0.4, -0.2) is 35.8 Å². The fourth-order valence-electron chi connectivity index (χ4n) is 2.72. The van der Waals surface area contributed by atoms with E-state index < -0.39 is 0 Å². The predicted octanol–water partition coefficient (Wildman–Crippen LogP) is 3.23. The van der Waals surface area contributed by atoms with Gasteiger partial charge in [-0.05, 0) is 43.9 Å². The summed E-state index contributed by atoms with van der Waals surface area (Å²) in [4.78, 5) is 26.4. The molecule has 1 aliphatic heterocycles. The average molecular weight is 386 g/mol. The maximum atomic E-state index is 12.5. The van der Waals surface area contributed by atoms with Crippen LogP contribution in [0.1, 0.15) is 36.0 Å². The molecule has 22 heavy (non-hydrogen) atoms. The normalized spacial score (nSPS) is 19.1. The molecule has 4 nitrogen and oxygen atoms in total. The van der Waals surface area contributed by atoms with Crippen LogP contribution in [0.2, 0.25) is 5.02 Å². The lowest BCUT2D eigenvalue weighted by Gasteiger charge is -2.31. The van der Waals surface area contributed by atoms with Crippen LogP contribution in [0.5, 0.6) is 0 Å². The third-order valence-corrected chi connectivity index (χ3v) is 5.04. The van der Waals surface area contributed by atoms with Gasteiger partial charge in [0.05, 0.1) is 10.6 Å². The molecule has 1 aromatic carbocycles. The first-order valence-corrected chi connectivity index (χ1v) is 8.76. The highest BCUT2D eigenvalue weighted by Crippen LogP contribution is 2.26. The van der Waals surface area contributed by atoms with Gasteiger partial charge < -0.3 is 10.2 Å². The fraction of sp³-hybridized carbons (Fsp3) is 0.500. The Labute approximate surface area is 143 Å². The second-order valence-corrected chi connectivity index (χ2v) is 7.30. The number of carbonyl (C=O) groups is 2. The lowest BCUT2D eigenvalue weighted by atomic mass is 9.95. The number of hydrogen-bond donors (Lipinski definition) is 1. The summed E-state index contributed by atoms with van der Waals surface area (Å²) >= 11 is 9.48. The molecule has 1 saturated carbocycles. The zero-order chi connectivity index (χ0) is 15.7. The van der Waals surface area contributed by atoms with E-state index in [4.69, 9.17) is 11.6 Å². The van der Waals surface area contributed by atoms with E-state index in [2.05, 4.69) is 21.2 Å². The number of carbonyl (C=O) groups excluding carboxylic acids is 2. The van der Waals surface area contributed by atoms with Crippen molar-refractivity contribution in [3.63, 3.8) is 0 Å². The molecule has 2 amide bonds. The first-order chi connectivity index (χ1) is 10.5. The van der Waals surface area contributed by atoms with Crippen LogP contribution in [0.3, 0.4) is 0 Å². The Morgan fingerprint density at radius 1 is 1.18 bits per heavy atom. The van der Waals surface area contributed by atoms with Crippen molar-refractivity contribution in [3.8, 4) is 0 Å². The fourth-order valence-corrected chi connectivity index (χ4v) is 3.48. The van der Waals surface area contributed by atoms with Gasteiger partial charge in [0.25, 0.3) is 5.91 Å². The van der Waals surface area contributed by atoms with Gasteiger partial charge in [-0.15, -0.1) is 0 Å². The molecule has 1 heterocycles. The quantitative estimate of drug-likeness (QED) is 0.868. The molecule has 1 N–H and O–H groups in total. The lowest BCUT2D eigenvalue weighted by Crippen LogP contribution is -2.43. The highest BCUT2D eigenvalue weighted by Gasteiger charge is 2.31. The van der Waals surface area contributed by atoms with Gasteiger partial charge in [-0.2, -0.15) is 0 Å². The molecule has 118 valence electrons. The van der Waals surface area contributed by atoms with E-state index in [1.54, 1.807) is 17.0 Å². The number of amides is 2. The number of hydrogen-bond acceptors (Lipinski definition) is 2. The molecule has 2 fully saturated rings. The van der Waals surface area contributed by atoms with Crippen molar-refractivity contribution >= 4 is 39.3 Å². The minimum Gasteiger partial charge on any atom is -0.353 e. The van der Waals surface area contributed by atoms with E-state index in [1.807, 2.05) is 6.07 Å². The van der Waals surface area contributed by atoms with Crippen LogP contribution in [0, 0.1) is 5.92 Å². The Morgan fingerprint density at radius 2 is 1.86 bits per heavy atom. The zero-order valence-electron chi connectivity index (χ0n) is 12.1. The van der Waals surface area contributed by atoms with Gasteiger partial charge in [0.15, 0.2) is 0 Å². The largest absolute Gasteiger partial charge is 0.353 e. The average Bonchev–Trinajstić information content (AvgIpc) is 3.31. The summed E-state index contributed by atoms with van der Waals surface area (Å²) in [5.41, 5.74) is 0.519. The van der Waals surface area contributed by atoms with Crippen molar-refractivity contribution in [3.05, 3.63) is 33.3 Å². The summed E-state index contributed by atoms with van der Waals surface area (Å²) in [6, 6.07) is 5.67. The van der Waals surface area contributed by atoms with E-state index in [0.29, 0.717) is 29.7 Å². The molecule has 0 unspecified atom stereocenters. The van der Waals surface area contributed by atoms with Crippen molar-refractivity contribution in [1.82, 2.24) is 10.2 Å². The third kappa shape index (κ3) is 3.63. The number of halogens is 2. The Bertz CT molecular complexity index is 596. The minimum atomic E-state index is -0.0569. The van der Waals surface area contributed by atoms with Crippen molar-refractivity contribution in [2.24, 2.45) is 5.92 Å². The van der Waals surface area contributed by atoms with Gasteiger partial charge in [-0.3, -0.25) is 9.59 Å². The number of benzene rings is 1. The molecular weight excluding hydrogens is 368 g/mol. The van der Waals surface area contributed by atoms with Crippen molar-refractivity contribution < 1.29 is 9.59 Å². The molecule has 0 atom stereocenters. The smallest absolute Gasteiger partial charge is 0.255 e. The van der Waals surface area contributed by atoms with E-state index in [-0.39, 0.29) is 17.7 Å². The number of nitrogens with zero attached hydrogens (tertiary/aromatic N) is 1. The molecule has 1 aliphatic carbocycles. The molecule has 1 saturated heterocycles. The Hall–Kier alpha value is -1.07. The van der Waals surface area contributed by atoms with E-state index >= 15 is 0 Å². The van der Waals surface area contributed by atoms with E-state index in [9.17, 15) is 9.59 Å². The molecule has 3 rings (SSSR count). The summed E-state index contributed by atoms with van der Waals surface area (Å²) in [5.74, 6) is 0.125. The van der Waals surface area contributed by atoms with Crippen molar-refractivity contribution in [2.45, 2.75) is 31.7 Å². The summed E-state index contributed by atoms with van der Waals surface area (Å²) in [6.45, 7) is 1.21. The summed E-state index contributed by atoms with van der Waals surface area (Å²) in [7, 11) is 0. The van der Waals surface area contributed by atoms with Crippen LogP contribution in [0.15, 0.2) is 22.7 Å². The van der Waals surface area contributed by atoms with Gasteiger partial charge in [0.2, 0.25) is 5.91 Å². The van der Waals surface area contributed by atoms with Gasteiger partial charge in [-0.1, -0.05) is 27.5 Å². The monoisotopic (exact) mass is 384 g/mol. The van der Waals surface area contributed by atoms with Crippen LogP contribution in [0.25, 0.3) is 0 Å². The van der Waals surface area contributed by atoms with Crippen molar-refractivity contribution in [2.75, 3.05) is 13.1 Å². The van der Waals surface area contributed by atoms with Crippen LogP contribution >= 0.6 is 27.5 Å². The summed E-state index contributed by atoms with van der Waals surface area (Å²) in [6.07, 6.45) is 3.65. The first-order valence-electron chi connectivity index (χ1n) is 7.59. The number of rotatable bonds is 3. The minimum absolute atomic E-state index is 0.0324. The second-order valence-electron chi connectivity index (χ2n) is 5.97. The zero-order valence-corrected chi connectivity index (χ0v) is 14.5. The topological polar surface area (TPSA) is 49.4 Å². The lowest BCUT2D eigenvalue weighted by molar-refractivity contribution is -0.126. The summed E-state index contributed by atoms with van der Waals surface area (Å²) in [5, 5.41) is 3.50. The van der Waals surface area contributed by atoms with Gasteiger partial charge in [0.1, 0.15) is 0 Å².